The molecule has 0 bridgehead atoms. The zero-order chi connectivity index (χ0) is 18.3. The van der Waals surface area contributed by atoms with Gasteiger partial charge in [0.25, 0.3) is 11.5 Å². The summed E-state index contributed by atoms with van der Waals surface area (Å²) < 4.78 is 18.1. The molecule has 0 N–H and O–H groups in total. The fourth-order valence-corrected chi connectivity index (χ4v) is 3.51. The number of carbonyl (C=O) groups excluding carboxylic acids is 1. The van der Waals surface area contributed by atoms with E-state index in [2.05, 4.69) is 6.58 Å². The quantitative estimate of drug-likeness (QED) is 0.575. The highest BCUT2D eigenvalue weighted by Crippen LogP contribution is 2.39. The fourth-order valence-electron chi connectivity index (χ4n) is 2.93. The van der Waals surface area contributed by atoms with Crippen molar-refractivity contribution in [1.82, 2.24) is 9.13 Å². The number of aromatic nitrogens is 2. The van der Waals surface area contributed by atoms with Crippen molar-refractivity contribution in [3.63, 3.8) is 0 Å². The Bertz CT molecular complexity index is 983. The fraction of sp³-hybridized carbons (Fsp3) is 0.235. The van der Waals surface area contributed by atoms with Gasteiger partial charge in [-0.15, -0.1) is 0 Å². The second-order valence-corrected chi connectivity index (χ2v) is 6.39. The van der Waals surface area contributed by atoms with Crippen LogP contribution in [-0.2, 0) is 13.1 Å². The lowest BCUT2D eigenvalue weighted by molar-refractivity contribution is -0.0450. The molecule has 2 fully saturated rings. The number of benzene rings is 1. The first-order chi connectivity index (χ1) is 12.6. The highest BCUT2D eigenvalue weighted by atomic mass is 32.2. The molecule has 2 aliphatic heterocycles. The van der Waals surface area contributed by atoms with Crippen molar-refractivity contribution in [1.29, 1.82) is 0 Å². The standard InChI is InChI=1S/C17H14N2O6S/c1-10-14-12(9-23-26-25-14)24-16(10)18-8-7-13(20)19(17(18)22)15(21)11-5-3-2-4-6-11/h2-8,12,14,16H,1,9H2/t12-,14+,16-/m1/s1. The lowest BCUT2D eigenvalue weighted by atomic mass is 10.1. The van der Waals surface area contributed by atoms with Crippen LogP contribution in [0.2, 0.25) is 0 Å². The molecule has 0 amide bonds. The number of hydrogen-bond acceptors (Lipinski definition) is 7. The van der Waals surface area contributed by atoms with Gasteiger partial charge in [0.2, 0.25) is 0 Å². The summed E-state index contributed by atoms with van der Waals surface area (Å²) in [5.74, 6) is -0.703. The molecule has 1 aromatic heterocycles. The number of ether oxygens (including phenoxy) is 1. The van der Waals surface area contributed by atoms with Crippen LogP contribution < -0.4 is 11.2 Å². The van der Waals surface area contributed by atoms with Gasteiger partial charge in [0.15, 0.2) is 18.6 Å². The van der Waals surface area contributed by atoms with Gasteiger partial charge in [-0.3, -0.25) is 22.5 Å². The van der Waals surface area contributed by atoms with Crippen molar-refractivity contribution in [3.05, 3.63) is 81.1 Å². The van der Waals surface area contributed by atoms with Crippen molar-refractivity contribution < 1.29 is 17.9 Å². The molecule has 3 atom stereocenters. The smallest absolute Gasteiger partial charge is 0.340 e. The molecule has 0 aliphatic carbocycles. The van der Waals surface area contributed by atoms with Gasteiger partial charge in [-0.2, -0.15) is 4.57 Å². The summed E-state index contributed by atoms with van der Waals surface area (Å²) in [6.45, 7) is 4.22. The van der Waals surface area contributed by atoms with Crippen LogP contribution in [0.1, 0.15) is 16.6 Å². The Balaban J connectivity index is 1.76. The largest absolute Gasteiger partial charge is 0.345 e. The summed E-state index contributed by atoms with van der Waals surface area (Å²) in [6, 6.07) is 9.26. The van der Waals surface area contributed by atoms with E-state index in [9.17, 15) is 14.4 Å². The zero-order valence-corrected chi connectivity index (χ0v) is 14.3. The molecule has 4 rings (SSSR count). The summed E-state index contributed by atoms with van der Waals surface area (Å²) in [4.78, 5) is 37.6. The van der Waals surface area contributed by atoms with Gasteiger partial charge in [0.1, 0.15) is 12.2 Å². The highest BCUT2D eigenvalue weighted by Gasteiger charge is 2.44. The molecule has 0 unspecified atom stereocenters. The molecule has 2 saturated heterocycles. The van der Waals surface area contributed by atoms with E-state index < -0.39 is 35.6 Å². The van der Waals surface area contributed by atoms with Crippen molar-refractivity contribution >= 4 is 18.2 Å². The Labute approximate surface area is 152 Å². The number of hydrogen-bond donors (Lipinski definition) is 0. The third-order valence-corrected chi connectivity index (χ3v) is 4.75. The first-order valence-electron chi connectivity index (χ1n) is 7.81. The Morgan fingerprint density at radius 2 is 1.96 bits per heavy atom. The molecule has 0 saturated carbocycles. The van der Waals surface area contributed by atoms with E-state index in [0.29, 0.717) is 10.1 Å². The van der Waals surface area contributed by atoms with E-state index in [0.717, 1.165) is 23.0 Å². The predicted octanol–water partition coefficient (Wildman–Crippen LogP) is 1.13. The minimum Gasteiger partial charge on any atom is -0.345 e. The maximum absolute atomic E-state index is 12.8. The summed E-state index contributed by atoms with van der Waals surface area (Å²) >= 11 is 0.847. The van der Waals surface area contributed by atoms with Crippen LogP contribution in [0, 0.1) is 0 Å². The average Bonchev–Trinajstić information content (AvgIpc) is 2.99. The number of fused-ring (bicyclic) bond motifs is 1. The SMILES string of the molecule is C=C1[C@H](n2ccc(=O)n(C(=O)c3ccccc3)c2=O)O[C@@H]2COSO[C@@H]12. The van der Waals surface area contributed by atoms with Gasteiger partial charge in [0, 0.05) is 23.4 Å². The van der Waals surface area contributed by atoms with Crippen molar-refractivity contribution in [3.8, 4) is 0 Å². The van der Waals surface area contributed by atoms with E-state index >= 15 is 0 Å². The third-order valence-electron chi connectivity index (χ3n) is 4.23. The van der Waals surface area contributed by atoms with Gasteiger partial charge in [0.05, 0.1) is 6.61 Å². The first-order valence-corrected chi connectivity index (χ1v) is 8.47. The van der Waals surface area contributed by atoms with Crippen molar-refractivity contribution in [2.24, 2.45) is 0 Å². The summed E-state index contributed by atoms with van der Waals surface area (Å²) in [5, 5.41) is 0. The summed E-state index contributed by atoms with van der Waals surface area (Å²) in [7, 11) is 0. The molecule has 2 aromatic rings. The van der Waals surface area contributed by atoms with Gasteiger partial charge >= 0.3 is 5.69 Å². The van der Waals surface area contributed by atoms with Gasteiger partial charge in [-0.25, -0.2) is 4.79 Å². The average molecular weight is 374 g/mol. The maximum Gasteiger partial charge on any atom is 0.340 e. The Morgan fingerprint density at radius 1 is 1.19 bits per heavy atom. The Kier molecular flexibility index (Phi) is 4.37. The van der Waals surface area contributed by atoms with E-state index in [4.69, 9.17) is 13.1 Å². The maximum atomic E-state index is 12.8. The molecule has 0 spiro atoms. The number of carbonyl (C=O) groups is 1. The lowest BCUT2D eigenvalue weighted by Crippen LogP contribution is -2.44. The number of rotatable bonds is 2. The summed E-state index contributed by atoms with van der Waals surface area (Å²) in [5.41, 5.74) is -0.760. The topological polar surface area (TPSA) is 88.8 Å². The third kappa shape index (κ3) is 2.74. The monoisotopic (exact) mass is 374 g/mol. The van der Waals surface area contributed by atoms with Crippen molar-refractivity contribution in [2.45, 2.75) is 18.4 Å². The second kappa shape index (κ2) is 6.69. The van der Waals surface area contributed by atoms with E-state index in [1.807, 2.05) is 0 Å². The van der Waals surface area contributed by atoms with Gasteiger partial charge in [-0.05, 0) is 12.1 Å². The lowest BCUT2D eigenvalue weighted by Gasteiger charge is -2.21. The minimum atomic E-state index is -0.852. The molecule has 2 aliphatic rings. The van der Waals surface area contributed by atoms with E-state index in [1.54, 1.807) is 18.2 Å². The first kappa shape index (κ1) is 17.0. The predicted molar refractivity (Wildman–Crippen MR) is 92.6 cm³/mol. The molecular weight excluding hydrogens is 360 g/mol. The normalized spacial score (nSPS) is 25.1. The van der Waals surface area contributed by atoms with Crippen LogP contribution in [0.5, 0.6) is 0 Å². The van der Waals surface area contributed by atoms with E-state index in [-0.39, 0.29) is 12.2 Å². The zero-order valence-electron chi connectivity index (χ0n) is 13.4. The van der Waals surface area contributed by atoms with Crippen LogP contribution in [0.25, 0.3) is 0 Å². The van der Waals surface area contributed by atoms with Crippen LogP contribution in [-0.4, -0.2) is 33.9 Å². The molecule has 1 aromatic carbocycles. The van der Waals surface area contributed by atoms with Gasteiger partial charge in [-0.1, -0.05) is 24.8 Å². The van der Waals surface area contributed by atoms with Crippen molar-refractivity contribution in [2.75, 3.05) is 6.61 Å². The highest BCUT2D eigenvalue weighted by molar-refractivity contribution is 7.89. The molecule has 9 heteroatoms. The molecule has 134 valence electrons. The molecule has 3 heterocycles. The van der Waals surface area contributed by atoms with Gasteiger partial charge < -0.3 is 4.74 Å². The minimum absolute atomic E-state index is 0.234. The Hall–Kier alpha value is -2.46. The molecule has 26 heavy (non-hydrogen) atoms. The van der Waals surface area contributed by atoms with Crippen LogP contribution >= 0.6 is 12.3 Å². The number of nitrogens with zero attached hydrogens (tertiary/aromatic N) is 2. The molecule has 0 radical (unpaired) electrons. The second-order valence-electron chi connectivity index (χ2n) is 5.82. The summed E-state index contributed by atoms with van der Waals surface area (Å²) in [6.07, 6.45) is -0.405. The van der Waals surface area contributed by atoms with Crippen LogP contribution in [0.15, 0.2) is 64.3 Å². The molecular formula is C17H14N2O6S. The molecule has 8 nitrogen and oxygen atoms in total. The van der Waals surface area contributed by atoms with E-state index in [1.165, 1.54) is 18.3 Å². The van der Waals surface area contributed by atoms with Crippen LogP contribution in [0.3, 0.4) is 0 Å². The van der Waals surface area contributed by atoms with Crippen LogP contribution in [0.4, 0.5) is 0 Å². The Morgan fingerprint density at radius 3 is 2.69 bits per heavy atom.